The quantitative estimate of drug-likeness (QED) is 0.111. The van der Waals surface area contributed by atoms with Gasteiger partial charge in [-0.15, -0.1) is 0 Å². The lowest BCUT2D eigenvalue weighted by Gasteiger charge is -2.21. The standard InChI is InChI=1S/C30H28F5N5O5/c1-29(2,25(41)42)45-23-10-8-22(9-11-23)43-13-14-44-28-39-26(36-16-18-3-5-20(6-4-18)30(33,34)35)38-27(40-28)37-17-19-15-21(31)7-12-24(19)32/h3-12,15H,13-14,16-17H2,1-2H3,(H,41,42)(H2,36,37,38,39,40). The van der Waals surface area contributed by atoms with Gasteiger partial charge in [0.2, 0.25) is 11.9 Å². The molecule has 3 N–H and O–H groups in total. The number of nitrogens with zero attached hydrogens (tertiary/aromatic N) is 3. The summed E-state index contributed by atoms with van der Waals surface area (Å²) in [6.45, 7) is 2.77. The van der Waals surface area contributed by atoms with Crippen molar-refractivity contribution in [1.82, 2.24) is 15.0 Å². The molecule has 0 radical (unpaired) electrons. The molecule has 0 aliphatic rings. The molecule has 0 spiro atoms. The van der Waals surface area contributed by atoms with Crippen molar-refractivity contribution in [2.45, 2.75) is 38.7 Å². The minimum atomic E-state index is -4.46. The van der Waals surface area contributed by atoms with Gasteiger partial charge in [0.05, 0.1) is 5.56 Å². The monoisotopic (exact) mass is 633 g/mol. The van der Waals surface area contributed by atoms with Crippen molar-refractivity contribution in [2.24, 2.45) is 0 Å². The summed E-state index contributed by atoms with van der Waals surface area (Å²) in [5, 5.41) is 14.9. The highest BCUT2D eigenvalue weighted by molar-refractivity contribution is 5.76. The number of carboxylic acid groups (broad SMARTS) is 1. The minimum Gasteiger partial charge on any atom is -0.490 e. The molecule has 238 valence electrons. The number of alkyl halides is 3. The van der Waals surface area contributed by atoms with Gasteiger partial charge in [-0.2, -0.15) is 28.1 Å². The van der Waals surface area contributed by atoms with E-state index in [-0.39, 0.29) is 49.8 Å². The maximum absolute atomic E-state index is 14.1. The molecule has 1 heterocycles. The first-order chi connectivity index (χ1) is 21.3. The van der Waals surface area contributed by atoms with Crippen molar-refractivity contribution in [1.29, 1.82) is 0 Å². The molecule has 1 aromatic heterocycles. The number of ether oxygens (including phenoxy) is 3. The van der Waals surface area contributed by atoms with Crippen LogP contribution in [0.15, 0.2) is 66.7 Å². The van der Waals surface area contributed by atoms with Crippen LogP contribution in [0, 0.1) is 11.6 Å². The van der Waals surface area contributed by atoms with Crippen molar-refractivity contribution < 1.29 is 46.1 Å². The molecule has 0 aliphatic heterocycles. The molecule has 3 aromatic carbocycles. The predicted octanol–water partition coefficient (Wildman–Crippen LogP) is 6.09. The van der Waals surface area contributed by atoms with Crippen molar-refractivity contribution in [2.75, 3.05) is 23.8 Å². The van der Waals surface area contributed by atoms with Crippen LogP contribution in [0.3, 0.4) is 0 Å². The molecule has 0 bridgehead atoms. The number of hydrogen-bond donors (Lipinski definition) is 3. The number of anilines is 2. The summed E-state index contributed by atoms with van der Waals surface area (Å²) in [5.41, 5.74) is -1.66. The Morgan fingerprint density at radius 1 is 0.800 bits per heavy atom. The molecule has 15 heteroatoms. The van der Waals surface area contributed by atoms with Crippen LogP contribution in [-0.2, 0) is 24.1 Å². The van der Waals surface area contributed by atoms with Crippen LogP contribution >= 0.6 is 0 Å². The van der Waals surface area contributed by atoms with E-state index in [1.54, 1.807) is 24.3 Å². The van der Waals surface area contributed by atoms with Crippen molar-refractivity contribution in [3.8, 4) is 17.5 Å². The number of benzene rings is 3. The Hall–Kier alpha value is -5.21. The van der Waals surface area contributed by atoms with Gasteiger partial charge in [0.25, 0.3) is 0 Å². The molecule has 45 heavy (non-hydrogen) atoms. The normalized spacial score (nSPS) is 11.5. The molecular weight excluding hydrogens is 605 g/mol. The number of aromatic nitrogens is 3. The first-order valence-corrected chi connectivity index (χ1v) is 13.4. The predicted molar refractivity (Wildman–Crippen MR) is 152 cm³/mol. The molecule has 4 aromatic rings. The second kappa shape index (κ2) is 14.1. The number of halogens is 5. The van der Waals surface area contributed by atoms with E-state index in [2.05, 4.69) is 25.6 Å². The van der Waals surface area contributed by atoms with E-state index in [9.17, 15) is 31.9 Å². The van der Waals surface area contributed by atoms with Gasteiger partial charge in [-0.1, -0.05) is 12.1 Å². The lowest BCUT2D eigenvalue weighted by Crippen LogP contribution is -2.37. The highest BCUT2D eigenvalue weighted by Gasteiger charge is 2.30. The third-order valence-corrected chi connectivity index (χ3v) is 6.09. The Morgan fingerprint density at radius 2 is 1.40 bits per heavy atom. The number of carboxylic acids is 1. The Morgan fingerprint density at radius 3 is 2.02 bits per heavy atom. The zero-order valence-corrected chi connectivity index (χ0v) is 24.0. The van der Waals surface area contributed by atoms with Gasteiger partial charge in [0.1, 0.15) is 36.3 Å². The van der Waals surface area contributed by atoms with E-state index in [0.29, 0.717) is 17.1 Å². The average Bonchev–Trinajstić information content (AvgIpc) is 2.99. The molecule has 0 aliphatic carbocycles. The van der Waals surface area contributed by atoms with Crippen LogP contribution in [0.1, 0.15) is 30.5 Å². The molecule has 4 rings (SSSR count). The second-order valence-electron chi connectivity index (χ2n) is 9.99. The van der Waals surface area contributed by atoms with Crippen LogP contribution < -0.4 is 24.8 Å². The Kier molecular flexibility index (Phi) is 10.2. The van der Waals surface area contributed by atoms with Gasteiger partial charge >= 0.3 is 18.2 Å². The summed E-state index contributed by atoms with van der Waals surface area (Å²) >= 11 is 0. The van der Waals surface area contributed by atoms with E-state index in [1.165, 1.54) is 26.0 Å². The average molecular weight is 634 g/mol. The van der Waals surface area contributed by atoms with Gasteiger partial charge in [-0.25, -0.2) is 13.6 Å². The zero-order valence-electron chi connectivity index (χ0n) is 24.0. The van der Waals surface area contributed by atoms with Crippen LogP contribution in [0.4, 0.5) is 33.8 Å². The first kappa shape index (κ1) is 32.7. The number of carbonyl (C=O) groups is 1. The number of hydrogen-bond acceptors (Lipinski definition) is 9. The number of nitrogens with one attached hydrogen (secondary N) is 2. The SMILES string of the molecule is CC(C)(Oc1ccc(OCCOc2nc(NCc3ccc(C(F)(F)F)cc3)nc(NCc3cc(F)ccc3F)n2)cc1)C(=O)O. The minimum absolute atomic E-state index is 0.00269. The van der Waals surface area contributed by atoms with E-state index in [0.717, 1.165) is 30.3 Å². The van der Waals surface area contributed by atoms with Crippen LogP contribution in [0.2, 0.25) is 0 Å². The van der Waals surface area contributed by atoms with Crippen LogP contribution in [0.25, 0.3) is 0 Å². The van der Waals surface area contributed by atoms with Crippen molar-refractivity contribution >= 4 is 17.9 Å². The summed E-state index contributed by atoms with van der Waals surface area (Å²) in [7, 11) is 0. The Labute approximate surface area is 254 Å². The highest BCUT2D eigenvalue weighted by atomic mass is 19.4. The molecule has 0 unspecified atom stereocenters. The largest absolute Gasteiger partial charge is 0.490 e. The lowest BCUT2D eigenvalue weighted by molar-refractivity contribution is -0.152. The lowest BCUT2D eigenvalue weighted by atomic mass is 10.1. The van der Waals surface area contributed by atoms with Crippen LogP contribution in [-0.4, -0.2) is 44.8 Å². The molecule has 0 atom stereocenters. The zero-order chi connectivity index (χ0) is 32.6. The number of aliphatic carboxylic acids is 1. The molecule has 0 saturated heterocycles. The summed E-state index contributed by atoms with van der Waals surface area (Å²) in [6.07, 6.45) is -4.46. The van der Waals surface area contributed by atoms with E-state index >= 15 is 0 Å². The van der Waals surface area contributed by atoms with Gasteiger partial charge in [0, 0.05) is 18.7 Å². The fraction of sp³-hybridized carbons (Fsp3) is 0.267. The first-order valence-electron chi connectivity index (χ1n) is 13.4. The summed E-state index contributed by atoms with van der Waals surface area (Å²) in [4.78, 5) is 23.7. The molecule has 0 saturated carbocycles. The number of rotatable bonds is 14. The van der Waals surface area contributed by atoms with Gasteiger partial charge in [0.15, 0.2) is 5.60 Å². The molecular formula is C30H28F5N5O5. The Balaban J connectivity index is 1.39. The fourth-order valence-electron chi connectivity index (χ4n) is 3.66. The summed E-state index contributed by atoms with van der Waals surface area (Å²) in [5.74, 6) is -1.63. The second-order valence-corrected chi connectivity index (χ2v) is 9.99. The van der Waals surface area contributed by atoms with Crippen molar-refractivity contribution in [3.63, 3.8) is 0 Å². The van der Waals surface area contributed by atoms with Gasteiger partial charge in [-0.05, 0) is 74.0 Å². The maximum Gasteiger partial charge on any atom is 0.416 e. The smallest absolute Gasteiger partial charge is 0.416 e. The molecule has 0 fully saturated rings. The maximum atomic E-state index is 14.1. The third kappa shape index (κ3) is 9.64. The van der Waals surface area contributed by atoms with E-state index in [1.807, 2.05) is 0 Å². The summed E-state index contributed by atoms with van der Waals surface area (Å²) in [6, 6.07) is 13.7. The van der Waals surface area contributed by atoms with Gasteiger partial charge < -0.3 is 30.0 Å². The Bertz CT molecular complexity index is 1600. The third-order valence-electron chi connectivity index (χ3n) is 6.09. The molecule has 10 nitrogen and oxygen atoms in total. The van der Waals surface area contributed by atoms with Gasteiger partial charge in [-0.3, -0.25) is 0 Å². The topological polar surface area (TPSA) is 128 Å². The van der Waals surface area contributed by atoms with Crippen LogP contribution in [0.5, 0.6) is 17.5 Å². The highest BCUT2D eigenvalue weighted by Crippen LogP contribution is 2.29. The molecule has 0 amide bonds. The van der Waals surface area contributed by atoms with E-state index < -0.39 is 34.9 Å². The summed E-state index contributed by atoms with van der Waals surface area (Å²) < 4.78 is 83.0. The van der Waals surface area contributed by atoms with E-state index in [4.69, 9.17) is 14.2 Å². The van der Waals surface area contributed by atoms with Crippen molar-refractivity contribution in [3.05, 3.63) is 95.1 Å². The fourth-order valence-corrected chi connectivity index (χ4v) is 3.66.